The fourth-order valence-corrected chi connectivity index (χ4v) is 2.60. The van der Waals surface area contributed by atoms with Gasteiger partial charge in [0.05, 0.1) is 24.8 Å². The standard InChI is InChI=1S/C14H18Cl2N2O3/c1-20-6-7-21-9-10-4-5-18(8-10)14(19)13-11(15)2-3-12(16)17-13/h2-3,10H,4-9H2,1H3/t10-/m0/s1. The van der Waals surface area contributed by atoms with Crippen LogP contribution in [0.25, 0.3) is 0 Å². The molecule has 0 saturated carbocycles. The summed E-state index contributed by atoms with van der Waals surface area (Å²) < 4.78 is 10.4. The van der Waals surface area contributed by atoms with Crippen molar-refractivity contribution in [1.29, 1.82) is 0 Å². The van der Waals surface area contributed by atoms with E-state index in [2.05, 4.69) is 4.98 Å². The molecule has 0 unspecified atom stereocenters. The van der Waals surface area contributed by atoms with Gasteiger partial charge < -0.3 is 14.4 Å². The molecule has 7 heteroatoms. The molecule has 0 aromatic carbocycles. The van der Waals surface area contributed by atoms with Crippen LogP contribution in [0.4, 0.5) is 0 Å². The van der Waals surface area contributed by atoms with E-state index in [1.807, 2.05) is 0 Å². The molecular formula is C14H18Cl2N2O3. The van der Waals surface area contributed by atoms with Gasteiger partial charge >= 0.3 is 0 Å². The summed E-state index contributed by atoms with van der Waals surface area (Å²) >= 11 is 11.8. The van der Waals surface area contributed by atoms with E-state index in [4.69, 9.17) is 32.7 Å². The van der Waals surface area contributed by atoms with Crippen LogP contribution < -0.4 is 0 Å². The molecule has 1 atom stereocenters. The maximum Gasteiger partial charge on any atom is 0.274 e. The van der Waals surface area contributed by atoms with Gasteiger partial charge in [-0.3, -0.25) is 4.79 Å². The van der Waals surface area contributed by atoms with Gasteiger partial charge in [-0.2, -0.15) is 0 Å². The van der Waals surface area contributed by atoms with Gasteiger partial charge in [-0.25, -0.2) is 4.98 Å². The lowest BCUT2D eigenvalue weighted by atomic mass is 10.1. The molecule has 1 amide bonds. The van der Waals surface area contributed by atoms with Crippen molar-refractivity contribution in [3.63, 3.8) is 0 Å². The zero-order valence-electron chi connectivity index (χ0n) is 11.8. The van der Waals surface area contributed by atoms with Gasteiger partial charge in [0.2, 0.25) is 0 Å². The third kappa shape index (κ3) is 4.54. The molecule has 0 radical (unpaired) electrons. The van der Waals surface area contributed by atoms with Crippen molar-refractivity contribution in [2.24, 2.45) is 5.92 Å². The Morgan fingerprint density at radius 3 is 3.00 bits per heavy atom. The van der Waals surface area contributed by atoms with Crippen LogP contribution in [0.2, 0.25) is 10.2 Å². The number of likely N-dealkylation sites (tertiary alicyclic amines) is 1. The van der Waals surface area contributed by atoms with E-state index in [0.29, 0.717) is 43.9 Å². The van der Waals surface area contributed by atoms with E-state index in [-0.39, 0.29) is 16.8 Å². The van der Waals surface area contributed by atoms with Crippen molar-refractivity contribution < 1.29 is 14.3 Å². The number of carbonyl (C=O) groups is 1. The Morgan fingerprint density at radius 1 is 1.43 bits per heavy atom. The number of methoxy groups -OCH3 is 1. The van der Waals surface area contributed by atoms with E-state index < -0.39 is 0 Å². The number of amides is 1. The molecule has 1 aromatic heterocycles. The van der Waals surface area contributed by atoms with Crippen LogP contribution in [0, 0.1) is 5.92 Å². The molecule has 5 nitrogen and oxygen atoms in total. The Morgan fingerprint density at radius 2 is 2.24 bits per heavy atom. The Bertz CT molecular complexity index is 499. The van der Waals surface area contributed by atoms with Crippen LogP contribution in [-0.4, -0.2) is 55.8 Å². The molecule has 0 spiro atoms. The van der Waals surface area contributed by atoms with Gasteiger partial charge in [-0.1, -0.05) is 23.2 Å². The van der Waals surface area contributed by atoms with Crippen molar-refractivity contribution in [3.8, 4) is 0 Å². The molecule has 21 heavy (non-hydrogen) atoms. The zero-order valence-corrected chi connectivity index (χ0v) is 13.4. The number of halogens is 2. The van der Waals surface area contributed by atoms with Crippen molar-refractivity contribution >= 4 is 29.1 Å². The highest BCUT2D eigenvalue weighted by Crippen LogP contribution is 2.23. The van der Waals surface area contributed by atoms with E-state index in [9.17, 15) is 4.79 Å². The Kier molecular flexibility index (Phi) is 6.23. The van der Waals surface area contributed by atoms with Crippen LogP contribution in [0.5, 0.6) is 0 Å². The topological polar surface area (TPSA) is 51.7 Å². The molecule has 0 aliphatic carbocycles. The fraction of sp³-hybridized carbons (Fsp3) is 0.571. The highest BCUT2D eigenvalue weighted by molar-refractivity contribution is 6.34. The number of hydrogen-bond donors (Lipinski definition) is 0. The second-order valence-corrected chi connectivity index (χ2v) is 5.73. The first-order chi connectivity index (χ1) is 10.1. The number of rotatable bonds is 6. The van der Waals surface area contributed by atoms with Crippen LogP contribution in [0.15, 0.2) is 12.1 Å². The van der Waals surface area contributed by atoms with Crippen molar-refractivity contribution in [2.45, 2.75) is 6.42 Å². The molecule has 1 fully saturated rings. The summed E-state index contributed by atoms with van der Waals surface area (Å²) in [5, 5.41) is 0.589. The van der Waals surface area contributed by atoms with Crippen molar-refractivity contribution in [2.75, 3.05) is 40.0 Å². The quantitative estimate of drug-likeness (QED) is 0.593. The molecule has 1 saturated heterocycles. The van der Waals surface area contributed by atoms with E-state index in [0.717, 1.165) is 6.42 Å². The average molecular weight is 333 g/mol. The third-order valence-electron chi connectivity index (χ3n) is 3.37. The predicted molar refractivity (Wildman–Crippen MR) is 81.0 cm³/mol. The fourth-order valence-electron chi connectivity index (χ4n) is 2.26. The van der Waals surface area contributed by atoms with Gasteiger partial charge in [0.15, 0.2) is 0 Å². The predicted octanol–water partition coefficient (Wildman–Crippen LogP) is 2.51. The number of nitrogens with zero attached hydrogens (tertiary/aromatic N) is 2. The number of pyridine rings is 1. The van der Waals surface area contributed by atoms with Crippen molar-refractivity contribution in [3.05, 3.63) is 28.0 Å². The molecule has 2 heterocycles. The summed E-state index contributed by atoms with van der Waals surface area (Å²) in [5.74, 6) is 0.158. The highest BCUT2D eigenvalue weighted by Gasteiger charge is 2.29. The van der Waals surface area contributed by atoms with Gasteiger partial charge in [0.25, 0.3) is 5.91 Å². The summed E-state index contributed by atoms with van der Waals surface area (Å²) in [7, 11) is 1.64. The minimum Gasteiger partial charge on any atom is -0.382 e. The van der Waals surface area contributed by atoms with Gasteiger partial charge in [-0.15, -0.1) is 0 Å². The Labute approximate surface area is 134 Å². The molecule has 0 N–H and O–H groups in total. The Hall–Kier alpha value is -0.880. The average Bonchev–Trinajstić information content (AvgIpc) is 2.94. The normalized spacial score (nSPS) is 18.2. The zero-order chi connectivity index (χ0) is 15.2. The lowest BCUT2D eigenvalue weighted by molar-refractivity contribution is 0.0515. The van der Waals surface area contributed by atoms with Crippen LogP contribution in [0.1, 0.15) is 16.9 Å². The first-order valence-electron chi connectivity index (χ1n) is 6.80. The van der Waals surface area contributed by atoms with Crippen molar-refractivity contribution in [1.82, 2.24) is 9.88 Å². The highest BCUT2D eigenvalue weighted by atomic mass is 35.5. The molecule has 1 aromatic rings. The second-order valence-electron chi connectivity index (χ2n) is 4.94. The maximum absolute atomic E-state index is 12.4. The number of aromatic nitrogens is 1. The largest absolute Gasteiger partial charge is 0.382 e. The molecule has 1 aliphatic heterocycles. The van der Waals surface area contributed by atoms with Gasteiger partial charge in [-0.05, 0) is 18.6 Å². The summed E-state index contributed by atoms with van der Waals surface area (Å²) in [6.45, 7) is 3.11. The molecule has 2 rings (SSSR count). The molecular weight excluding hydrogens is 315 g/mol. The summed E-state index contributed by atoms with van der Waals surface area (Å²) in [5.41, 5.74) is 0.213. The first kappa shape index (κ1) is 16.5. The number of ether oxygens (including phenoxy) is 2. The minimum atomic E-state index is -0.179. The second kappa shape index (κ2) is 7.94. The summed E-state index contributed by atoms with van der Waals surface area (Å²) in [6.07, 6.45) is 0.914. The summed E-state index contributed by atoms with van der Waals surface area (Å²) in [6, 6.07) is 3.16. The van der Waals surface area contributed by atoms with E-state index >= 15 is 0 Å². The van der Waals surface area contributed by atoms with Crippen LogP contribution in [0.3, 0.4) is 0 Å². The van der Waals surface area contributed by atoms with Crippen LogP contribution in [-0.2, 0) is 9.47 Å². The molecule has 116 valence electrons. The molecule has 0 bridgehead atoms. The van der Waals surface area contributed by atoms with E-state index in [1.165, 1.54) is 0 Å². The summed E-state index contributed by atoms with van der Waals surface area (Å²) in [4.78, 5) is 18.2. The monoisotopic (exact) mass is 332 g/mol. The SMILES string of the molecule is COCCOC[C@H]1CCN(C(=O)c2nc(Cl)ccc2Cl)C1. The van der Waals surface area contributed by atoms with Crippen LogP contribution >= 0.6 is 23.2 Å². The lowest BCUT2D eigenvalue weighted by Gasteiger charge is -2.17. The smallest absolute Gasteiger partial charge is 0.274 e. The Balaban J connectivity index is 1.88. The number of carbonyl (C=O) groups excluding carboxylic acids is 1. The third-order valence-corrected chi connectivity index (χ3v) is 3.89. The molecule has 1 aliphatic rings. The lowest BCUT2D eigenvalue weighted by Crippen LogP contribution is -2.30. The van der Waals surface area contributed by atoms with Gasteiger partial charge in [0.1, 0.15) is 10.8 Å². The van der Waals surface area contributed by atoms with E-state index in [1.54, 1.807) is 24.1 Å². The number of hydrogen-bond acceptors (Lipinski definition) is 4. The van der Waals surface area contributed by atoms with Gasteiger partial charge in [0, 0.05) is 26.1 Å². The minimum absolute atomic E-state index is 0.179. The maximum atomic E-state index is 12.4. The first-order valence-corrected chi connectivity index (χ1v) is 7.55.